The molecule has 5 rings (SSSR count). The average Bonchev–Trinajstić information content (AvgIpc) is 3.41. The maximum absolute atomic E-state index is 11.6. The van der Waals surface area contributed by atoms with Crippen LogP contribution in [0.15, 0.2) is 85.5 Å². The largest absolute Gasteiger partial charge is 0.439 e. The smallest absolute Gasteiger partial charge is 0.247 e. The first-order chi connectivity index (χ1) is 17.0. The van der Waals surface area contributed by atoms with E-state index in [4.69, 9.17) is 4.74 Å². The van der Waals surface area contributed by atoms with Crippen molar-refractivity contribution in [3.05, 3.63) is 96.8 Å². The summed E-state index contributed by atoms with van der Waals surface area (Å²) in [6, 6.07) is 22.5. The number of carbonyl (C=O) groups is 1. The zero-order valence-corrected chi connectivity index (χ0v) is 19.3. The molecule has 0 atom stereocenters. The van der Waals surface area contributed by atoms with Crippen LogP contribution in [-0.4, -0.2) is 30.3 Å². The summed E-state index contributed by atoms with van der Waals surface area (Å²) in [4.78, 5) is 16.2. The molecular formula is C26H23N7O2. The molecule has 0 bridgehead atoms. The van der Waals surface area contributed by atoms with E-state index in [1.165, 1.54) is 6.08 Å². The molecule has 0 aliphatic heterocycles. The van der Waals surface area contributed by atoms with Gasteiger partial charge in [0.05, 0.1) is 11.4 Å². The third-order valence-electron chi connectivity index (χ3n) is 5.19. The SMILES string of the molecule is C=CC(=O)Nc1cccc(Oc2cccc3nc(Nc4cccc(-n5nc(C)cc5C)c4)nn23)c1. The number of benzene rings is 2. The number of aryl methyl sites for hydroxylation is 2. The number of anilines is 3. The van der Waals surface area contributed by atoms with Gasteiger partial charge in [0.15, 0.2) is 5.65 Å². The van der Waals surface area contributed by atoms with Crippen LogP contribution in [-0.2, 0) is 4.79 Å². The lowest BCUT2D eigenvalue weighted by molar-refractivity contribution is -0.111. The number of fused-ring (bicyclic) bond motifs is 1. The highest BCUT2D eigenvalue weighted by Crippen LogP contribution is 2.26. The first-order valence-electron chi connectivity index (χ1n) is 11.0. The molecule has 0 saturated carbocycles. The van der Waals surface area contributed by atoms with Gasteiger partial charge in [0.1, 0.15) is 5.75 Å². The van der Waals surface area contributed by atoms with Gasteiger partial charge in [-0.25, -0.2) is 4.68 Å². The van der Waals surface area contributed by atoms with E-state index >= 15 is 0 Å². The van der Waals surface area contributed by atoms with Crippen molar-refractivity contribution in [3.63, 3.8) is 0 Å². The van der Waals surface area contributed by atoms with E-state index in [0.29, 0.717) is 28.9 Å². The predicted octanol–water partition coefficient (Wildman–Crippen LogP) is 5.19. The van der Waals surface area contributed by atoms with E-state index in [1.54, 1.807) is 34.8 Å². The summed E-state index contributed by atoms with van der Waals surface area (Å²) in [5, 5.41) is 15.1. The number of rotatable bonds is 7. The number of nitrogens with zero attached hydrogens (tertiary/aromatic N) is 5. The highest BCUT2D eigenvalue weighted by atomic mass is 16.5. The molecule has 2 N–H and O–H groups in total. The fraction of sp³-hybridized carbons (Fsp3) is 0.0769. The van der Waals surface area contributed by atoms with Crippen LogP contribution in [0.3, 0.4) is 0 Å². The number of ether oxygens (including phenoxy) is 1. The van der Waals surface area contributed by atoms with Crippen molar-refractivity contribution in [2.75, 3.05) is 10.6 Å². The van der Waals surface area contributed by atoms with Crippen LogP contribution in [0, 0.1) is 13.8 Å². The Hall–Kier alpha value is -4.92. The number of amides is 1. The lowest BCUT2D eigenvalue weighted by Crippen LogP contribution is -2.07. The summed E-state index contributed by atoms with van der Waals surface area (Å²) in [6.45, 7) is 7.46. The molecule has 0 fully saturated rings. The molecule has 3 heterocycles. The molecule has 0 saturated heterocycles. The molecule has 9 heteroatoms. The molecule has 174 valence electrons. The molecule has 5 aromatic rings. The maximum Gasteiger partial charge on any atom is 0.247 e. The summed E-state index contributed by atoms with van der Waals surface area (Å²) < 4.78 is 9.56. The van der Waals surface area contributed by atoms with Crippen LogP contribution in [0.2, 0.25) is 0 Å². The second-order valence-corrected chi connectivity index (χ2v) is 7.91. The van der Waals surface area contributed by atoms with Gasteiger partial charge in [-0.3, -0.25) is 4.79 Å². The van der Waals surface area contributed by atoms with Crippen molar-refractivity contribution in [2.24, 2.45) is 0 Å². The van der Waals surface area contributed by atoms with Gasteiger partial charge in [-0.15, -0.1) is 5.10 Å². The summed E-state index contributed by atoms with van der Waals surface area (Å²) in [5.41, 5.74) is 5.01. The molecule has 9 nitrogen and oxygen atoms in total. The van der Waals surface area contributed by atoms with E-state index in [0.717, 1.165) is 22.8 Å². The van der Waals surface area contributed by atoms with Crippen LogP contribution in [0.4, 0.5) is 17.3 Å². The van der Waals surface area contributed by atoms with Crippen molar-refractivity contribution in [1.29, 1.82) is 0 Å². The zero-order chi connectivity index (χ0) is 24.4. The Morgan fingerprint density at radius 3 is 2.57 bits per heavy atom. The van der Waals surface area contributed by atoms with Crippen molar-refractivity contribution >= 4 is 28.9 Å². The number of pyridine rings is 1. The fourth-order valence-corrected chi connectivity index (χ4v) is 3.70. The van der Waals surface area contributed by atoms with Gasteiger partial charge < -0.3 is 15.4 Å². The Bertz CT molecular complexity index is 1550. The molecule has 2 aromatic carbocycles. The van der Waals surface area contributed by atoms with Crippen LogP contribution in [0.1, 0.15) is 11.4 Å². The highest BCUT2D eigenvalue weighted by Gasteiger charge is 2.11. The standard InChI is InChI=1S/C26H23N7O2/c1-4-24(34)27-20-9-6-11-22(16-20)35-25-13-7-12-23-29-26(31-33(23)25)28-19-8-5-10-21(15-19)32-18(3)14-17(2)30-32/h4-16H,1H2,2-3H3,(H,27,34)(H,28,31). The first kappa shape index (κ1) is 21.9. The van der Waals surface area contributed by atoms with E-state index in [1.807, 2.05) is 61.0 Å². The molecule has 0 aliphatic carbocycles. The lowest BCUT2D eigenvalue weighted by atomic mass is 10.2. The van der Waals surface area contributed by atoms with Gasteiger partial charge in [0.2, 0.25) is 17.7 Å². The van der Waals surface area contributed by atoms with Gasteiger partial charge in [-0.05, 0) is 62.4 Å². The van der Waals surface area contributed by atoms with Crippen LogP contribution in [0.25, 0.3) is 11.3 Å². The summed E-state index contributed by atoms with van der Waals surface area (Å²) in [6.07, 6.45) is 1.21. The topological polar surface area (TPSA) is 98.4 Å². The molecule has 0 aliphatic rings. The Morgan fingerprint density at radius 2 is 1.77 bits per heavy atom. The summed E-state index contributed by atoms with van der Waals surface area (Å²) in [5.74, 6) is 1.16. The minimum Gasteiger partial charge on any atom is -0.439 e. The monoisotopic (exact) mass is 465 g/mol. The van der Waals surface area contributed by atoms with Crippen LogP contribution >= 0.6 is 0 Å². The summed E-state index contributed by atoms with van der Waals surface area (Å²) >= 11 is 0. The Kier molecular flexibility index (Phi) is 5.72. The third-order valence-corrected chi connectivity index (χ3v) is 5.19. The molecule has 35 heavy (non-hydrogen) atoms. The van der Waals surface area contributed by atoms with Gasteiger partial charge in [0.25, 0.3) is 0 Å². The summed E-state index contributed by atoms with van der Waals surface area (Å²) in [7, 11) is 0. The maximum atomic E-state index is 11.6. The Morgan fingerprint density at radius 1 is 0.971 bits per heavy atom. The van der Waals surface area contributed by atoms with Gasteiger partial charge in [-0.1, -0.05) is 24.8 Å². The highest BCUT2D eigenvalue weighted by molar-refractivity contribution is 5.98. The number of nitrogens with one attached hydrogen (secondary N) is 2. The number of hydrogen-bond acceptors (Lipinski definition) is 6. The quantitative estimate of drug-likeness (QED) is 0.321. The minimum atomic E-state index is -0.293. The molecule has 0 spiro atoms. The van der Waals surface area contributed by atoms with Crippen molar-refractivity contribution in [2.45, 2.75) is 13.8 Å². The zero-order valence-electron chi connectivity index (χ0n) is 19.3. The van der Waals surface area contributed by atoms with Crippen molar-refractivity contribution in [1.82, 2.24) is 24.4 Å². The molecule has 1 amide bonds. The Labute approximate surface area is 201 Å². The number of carbonyl (C=O) groups excluding carboxylic acids is 1. The second kappa shape index (κ2) is 9.14. The van der Waals surface area contributed by atoms with Crippen molar-refractivity contribution in [3.8, 4) is 17.3 Å². The first-order valence-corrected chi connectivity index (χ1v) is 11.0. The Balaban J connectivity index is 1.39. The molecule has 0 unspecified atom stereocenters. The third kappa shape index (κ3) is 4.74. The van der Waals surface area contributed by atoms with Crippen LogP contribution < -0.4 is 15.4 Å². The van der Waals surface area contributed by atoms with E-state index in [9.17, 15) is 4.79 Å². The fourth-order valence-electron chi connectivity index (χ4n) is 3.70. The number of hydrogen-bond donors (Lipinski definition) is 2. The molecular weight excluding hydrogens is 442 g/mol. The minimum absolute atomic E-state index is 0.293. The molecule has 0 radical (unpaired) electrons. The van der Waals surface area contributed by atoms with E-state index in [-0.39, 0.29) is 5.91 Å². The number of aromatic nitrogens is 5. The predicted molar refractivity (Wildman–Crippen MR) is 135 cm³/mol. The van der Waals surface area contributed by atoms with E-state index in [2.05, 4.69) is 32.4 Å². The normalized spacial score (nSPS) is 10.8. The van der Waals surface area contributed by atoms with Gasteiger partial charge in [0, 0.05) is 29.2 Å². The van der Waals surface area contributed by atoms with Gasteiger partial charge >= 0.3 is 0 Å². The van der Waals surface area contributed by atoms with Crippen molar-refractivity contribution < 1.29 is 9.53 Å². The van der Waals surface area contributed by atoms with Gasteiger partial charge in [-0.2, -0.15) is 14.6 Å². The van der Waals surface area contributed by atoms with Crippen LogP contribution in [0.5, 0.6) is 11.6 Å². The van der Waals surface area contributed by atoms with E-state index < -0.39 is 0 Å². The molecule has 3 aromatic heterocycles. The lowest BCUT2D eigenvalue weighted by Gasteiger charge is -2.09. The second-order valence-electron chi connectivity index (χ2n) is 7.91. The average molecular weight is 466 g/mol.